The molecular weight excluding hydrogens is 332 g/mol. The van der Waals surface area contributed by atoms with Crippen molar-refractivity contribution in [1.82, 2.24) is 15.1 Å². The lowest BCUT2D eigenvalue weighted by Gasteiger charge is -2.25. The summed E-state index contributed by atoms with van der Waals surface area (Å²) in [6.45, 7) is 7.78. The van der Waals surface area contributed by atoms with Gasteiger partial charge in [-0.05, 0) is 63.4 Å². The predicted molar refractivity (Wildman–Crippen MR) is 104 cm³/mol. The van der Waals surface area contributed by atoms with Crippen molar-refractivity contribution in [2.45, 2.75) is 50.6 Å². The number of halogens is 1. The molecule has 2 heterocycles. The molecule has 4 nitrogen and oxygen atoms in total. The number of benzene rings is 1. The summed E-state index contributed by atoms with van der Waals surface area (Å²) in [7, 11) is 0. The van der Waals surface area contributed by atoms with Crippen LogP contribution >= 0.6 is 11.6 Å². The molecule has 1 aromatic rings. The van der Waals surface area contributed by atoms with Crippen molar-refractivity contribution in [2.24, 2.45) is 4.99 Å². The summed E-state index contributed by atoms with van der Waals surface area (Å²) in [5, 5.41) is 4.56. The molecule has 3 unspecified atom stereocenters. The summed E-state index contributed by atoms with van der Waals surface area (Å²) in [4.78, 5) is 9.93. The van der Waals surface area contributed by atoms with Crippen molar-refractivity contribution in [2.75, 3.05) is 32.7 Å². The predicted octanol–water partition coefficient (Wildman–Crippen LogP) is 3.33. The van der Waals surface area contributed by atoms with Crippen molar-refractivity contribution in [3.8, 4) is 0 Å². The van der Waals surface area contributed by atoms with Crippen LogP contribution in [0.4, 0.5) is 0 Å². The molecule has 4 rings (SSSR count). The average Bonchev–Trinajstić information content (AvgIpc) is 3.03. The van der Waals surface area contributed by atoms with E-state index in [4.69, 9.17) is 16.6 Å². The van der Waals surface area contributed by atoms with E-state index >= 15 is 0 Å². The fraction of sp³-hybridized carbons (Fsp3) is 0.650. The highest BCUT2D eigenvalue weighted by molar-refractivity contribution is 6.30. The van der Waals surface area contributed by atoms with Gasteiger partial charge in [0.1, 0.15) is 0 Å². The van der Waals surface area contributed by atoms with Crippen LogP contribution in [0.1, 0.15) is 44.1 Å². The van der Waals surface area contributed by atoms with Crippen LogP contribution in [0.2, 0.25) is 5.02 Å². The van der Waals surface area contributed by atoms with Crippen LogP contribution in [0.15, 0.2) is 29.3 Å². The van der Waals surface area contributed by atoms with Crippen LogP contribution in [0.25, 0.3) is 0 Å². The van der Waals surface area contributed by atoms with Crippen molar-refractivity contribution in [3.63, 3.8) is 0 Å². The average molecular weight is 361 g/mol. The van der Waals surface area contributed by atoms with Crippen molar-refractivity contribution < 1.29 is 0 Å². The van der Waals surface area contributed by atoms with E-state index < -0.39 is 0 Å². The molecule has 1 aliphatic carbocycles. The molecule has 0 radical (unpaired) electrons. The Bertz CT molecular complexity index is 626. The van der Waals surface area contributed by atoms with E-state index in [1.165, 1.54) is 44.3 Å². The van der Waals surface area contributed by atoms with Crippen LogP contribution < -0.4 is 5.32 Å². The van der Waals surface area contributed by atoms with E-state index in [9.17, 15) is 0 Å². The number of aliphatic imine (C=N–C) groups is 1. The van der Waals surface area contributed by atoms with Crippen molar-refractivity contribution in [1.29, 1.82) is 0 Å². The van der Waals surface area contributed by atoms with E-state index in [0.717, 1.165) is 30.6 Å². The SMILES string of the molecule is CCN=C(NC1CC1c1cccc(Cl)c1)N1CCC(N2CCCC2)C1. The Morgan fingerprint density at radius 1 is 1.28 bits per heavy atom. The summed E-state index contributed by atoms with van der Waals surface area (Å²) in [6, 6.07) is 9.50. The molecule has 1 saturated carbocycles. The van der Waals surface area contributed by atoms with Gasteiger partial charge < -0.3 is 10.2 Å². The van der Waals surface area contributed by atoms with E-state index in [0.29, 0.717) is 18.0 Å². The van der Waals surface area contributed by atoms with Crippen molar-refractivity contribution in [3.05, 3.63) is 34.9 Å². The van der Waals surface area contributed by atoms with Gasteiger partial charge in [0, 0.05) is 42.7 Å². The Labute approximate surface area is 156 Å². The van der Waals surface area contributed by atoms with E-state index in [1.807, 2.05) is 6.07 Å². The monoisotopic (exact) mass is 360 g/mol. The summed E-state index contributed by atoms with van der Waals surface area (Å²) < 4.78 is 0. The number of likely N-dealkylation sites (tertiary alicyclic amines) is 2. The molecule has 25 heavy (non-hydrogen) atoms. The van der Waals surface area contributed by atoms with Crippen molar-refractivity contribution >= 4 is 17.6 Å². The highest BCUT2D eigenvalue weighted by Crippen LogP contribution is 2.41. The van der Waals surface area contributed by atoms with Gasteiger partial charge in [-0.25, -0.2) is 0 Å². The third kappa shape index (κ3) is 3.95. The molecule has 2 aliphatic heterocycles. The van der Waals surface area contributed by atoms with E-state index in [2.05, 4.69) is 40.2 Å². The largest absolute Gasteiger partial charge is 0.353 e. The second-order valence-electron chi connectivity index (χ2n) is 7.58. The number of nitrogens with zero attached hydrogens (tertiary/aromatic N) is 3. The Morgan fingerprint density at radius 3 is 2.88 bits per heavy atom. The molecule has 1 N–H and O–H groups in total. The van der Waals surface area contributed by atoms with Crippen LogP contribution in [0.3, 0.4) is 0 Å². The lowest BCUT2D eigenvalue weighted by molar-refractivity contribution is 0.249. The molecule has 0 aromatic heterocycles. The van der Waals surface area contributed by atoms with E-state index in [1.54, 1.807) is 0 Å². The first-order chi connectivity index (χ1) is 12.2. The molecule has 3 aliphatic rings. The third-order valence-corrected chi connectivity index (χ3v) is 6.04. The van der Waals surface area contributed by atoms with Gasteiger partial charge in [0.15, 0.2) is 5.96 Å². The topological polar surface area (TPSA) is 30.9 Å². The third-order valence-electron chi connectivity index (χ3n) is 5.81. The molecule has 1 aromatic carbocycles. The van der Waals surface area contributed by atoms with Crippen LogP contribution in [0.5, 0.6) is 0 Å². The molecule has 136 valence electrons. The summed E-state index contributed by atoms with van der Waals surface area (Å²) in [5.74, 6) is 1.68. The Hall–Kier alpha value is -1.26. The number of nitrogens with one attached hydrogen (secondary N) is 1. The summed E-state index contributed by atoms with van der Waals surface area (Å²) in [6.07, 6.45) is 5.18. The zero-order chi connectivity index (χ0) is 17.2. The molecule has 0 bridgehead atoms. The Balaban J connectivity index is 1.36. The highest BCUT2D eigenvalue weighted by Gasteiger charge is 2.40. The fourth-order valence-corrected chi connectivity index (χ4v) is 4.55. The maximum Gasteiger partial charge on any atom is 0.194 e. The Morgan fingerprint density at radius 2 is 2.12 bits per heavy atom. The normalized spacial score (nSPS) is 30.1. The lowest BCUT2D eigenvalue weighted by atomic mass is 10.1. The standard InChI is InChI=1S/C20H29ClN4/c1-2-22-20(25-11-8-17(14-25)24-9-3-4-10-24)23-19-13-18(19)15-6-5-7-16(21)12-15/h5-7,12,17-19H,2-4,8-11,13-14H2,1H3,(H,22,23). The minimum Gasteiger partial charge on any atom is -0.353 e. The minimum absolute atomic E-state index is 0.495. The Kier molecular flexibility index (Phi) is 5.18. The maximum absolute atomic E-state index is 6.14. The second kappa shape index (κ2) is 7.55. The maximum atomic E-state index is 6.14. The molecule has 3 fully saturated rings. The van der Waals surface area contributed by atoms with E-state index in [-0.39, 0.29) is 0 Å². The molecule has 5 heteroatoms. The molecule has 0 amide bonds. The van der Waals surface area contributed by atoms with Crippen LogP contribution in [-0.4, -0.2) is 60.6 Å². The quantitative estimate of drug-likeness (QED) is 0.660. The number of hydrogen-bond donors (Lipinski definition) is 1. The van der Waals surface area contributed by atoms with Gasteiger partial charge in [-0.3, -0.25) is 9.89 Å². The first kappa shape index (κ1) is 17.2. The zero-order valence-electron chi connectivity index (χ0n) is 15.1. The number of rotatable bonds is 4. The molecule has 0 spiro atoms. The number of guanidine groups is 1. The fourth-order valence-electron chi connectivity index (χ4n) is 4.35. The molecular formula is C20H29ClN4. The zero-order valence-corrected chi connectivity index (χ0v) is 15.9. The molecule has 3 atom stereocenters. The highest BCUT2D eigenvalue weighted by atomic mass is 35.5. The van der Waals surface area contributed by atoms with Crippen LogP contribution in [0, 0.1) is 0 Å². The molecule has 2 saturated heterocycles. The first-order valence-electron chi connectivity index (χ1n) is 9.80. The first-order valence-corrected chi connectivity index (χ1v) is 10.2. The van der Waals surface area contributed by atoms with Gasteiger partial charge in [0.25, 0.3) is 0 Å². The summed E-state index contributed by atoms with van der Waals surface area (Å²) in [5.41, 5.74) is 1.34. The van der Waals surface area contributed by atoms with Gasteiger partial charge in [-0.2, -0.15) is 0 Å². The lowest BCUT2D eigenvalue weighted by Crippen LogP contribution is -2.43. The van der Waals surface area contributed by atoms with Gasteiger partial charge in [-0.15, -0.1) is 0 Å². The second-order valence-corrected chi connectivity index (χ2v) is 8.01. The number of hydrogen-bond acceptors (Lipinski definition) is 2. The van der Waals surface area contributed by atoms with Gasteiger partial charge >= 0.3 is 0 Å². The smallest absolute Gasteiger partial charge is 0.194 e. The van der Waals surface area contributed by atoms with Crippen LogP contribution in [-0.2, 0) is 0 Å². The van der Waals surface area contributed by atoms with Gasteiger partial charge in [0.2, 0.25) is 0 Å². The summed E-state index contributed by atoms with van der Waals surface area (Å²) >= 11 is 6.14. The van der Waals surface area contributed by atoms with Gasteiger partial charge in [0.05, 0.1) is 0 Å². The minimum atomic E-state index is 0.495. The van der Waals surface area contributed by atoms with Gasteiger partial charge in [-0.1, -0.05) is 23.7 Å².